The molecule has 0 bridgehead atoms. The number of alkyl halides is 3. The van der Waals surface area contributed by atoms with E-state index in [4.69, 9.17) is 0 Å². The van der Waals surface area contributed by atoms with Gasteiger partial charge in [-0.1, -0.05) is 30.3 Å². The van der Waals surface area contributed by atoms with Crippen molar-refractivity contribution in [2.45, 2.75) is 18.6 Å². The van der Waals surface area contributed by atoms with Crippen LogP contribution in [0.25, 0.3) is 0 Å². The van der Waals surface area contributed by atoms with Gasteiger partial charge in [-0.15, -0.1) is 0 Å². The maximum atomic E-state index is 12.7. The van der Waals surface area contributed by atoms with Crippen molar-refractivity contribution in [2.75, 3.05) is 11.9 Å². The third-order valence-corrected chi connectivity index (χ3v) is 4.42. The van der Waals surface area contributed by atoms with Crippen LogP contribution < -0.4 is 10.6 Å². The van der Waals surface area contributed by atoms with E-state index in [-0.39, 0.29) is 5.69 Å². The smallest absolute Gasteiger partial charge is 0.325 e. The summed E-state index contributed by atoms with van der Waals surface area (Å²) in [5.41, 5.74) is -1.46. The second-order valence-electron chi connectivity index (χ2n) is 6.44. The van der Waals surface area contributed by atoms with Crippen molar-refractivity contribution in [2.24, 2.45) is 0 Å². The van der Waals surface area contributed by atoms with Gasteiger partial charge < -0.3 is 10.6 Å². The van der Waals surface area contributed by atoms with Gasteiger partial charge in [-0.25, -0.2) is 4.79 Å². The summed E-state index contributed by atoms with van der Waals surface area (Å²) in [5, 5.41) is 4.95. The average molecular weight is 391 g/mol. The number of hydrogen-bond donors (Lipinski definition) is 2. The monoisotopic (exact) mass is 391 g/mol. The van der Waals surface area contributed by atoms with Crippen molar-refractivity contribution >= 4 is 23.5 Å². The molecule has 1 saturated heterocycles. The van der Waals surface area contributed by atoms with E-state index in [0.29, 0.717) is 5.56 Å². The van der Waals surface area contributed by atoms with E-state index in [1.54, 1.807) is 30.3 Å². The molecular weight excluding hydrogens is 375 g/mol. The standard InChI is InChI=1S/C19H16F3N3O3/c1-18(12-5-3-2-4-6-12)16(27)25(17(28)24-18)11-15(26)23-14-9-7-13(8-10-14)19(20,21)22/h2-10H,11H2,1H3,(H,23,26)(H,24,28)/t18-/m0/s1. The molecule has 1 aliphatic heterocycles. The van der Waals surface area contributed by atoms with Gasteiger partial charge in [-0.05, 0) is 36.8 Å². The lowest BCUT2D eigenvalue weighted by atomic mass is 9.92. The number of halogens is 3. The van der Waals surface area contributed by atoms with Crippen LogP contribution in [-0.4, -0.2) is 29.3 Å². The molecule has 6 nitrogen and oxygen atoms in total. The number of carbonyl (C=O) groups is 3. The average Bonchev–Trinajstić information content (AvgIpc) is 2.86. The fourth-order valence-electron chi connectivity index (χ4n) is 2.89. The van der Waals surface area contributed by atoms with E-state index in [9.17, 15) is 27.6 Å². The van der Waals surface area contributed by atoms with Gasteiger partial charge in [0.2, 0.25) is 5.91 Å². The van der Waals surface area contributed by atoms with E-state index in [2.05, 4.69) is 10.6 Å². The first-order valence-corrected chi connectivity index (χ1v) is 8.28. The number of urea groups is 1. The number of amides is 4. The maximum absolute atomic E-state index is 12.7. The highest BCUT2D eigenvalue weighted by Crippen LogP contribution is 2.30. The Balaban J connectivity index is 1.69. The Hall–Kier alpha value is -3.36. The molecule has 0 aromatic heterocycles. The quantitative estimate of drug-likeness (QED) is 0.787. The lowest BCUT2D eigenvalue weighted by Crippen LogP contribution is -2.42. The zero-order valence-electron chi connectivity index (χ0n) is 14.7. The fraction of sp³-hybridized carbons (Fsp3) is 0.211. The zero-order chi connectivity index (χ0) is 20.5. The molecule has 9 heteroatoms. The highest BCUT2D eigenvalue weighted by atomic mass is 19.4. The van der Waals surface area contributed by atoms with Gasteiger partial charge in [-0.2, -0.15) is 13.2 Å². The predicted octanol–water partition coefficient (Wildman–Crippen LogP) is 3.11. The number of nitrogens with one attached hydrogen (secondary N) is 2. The predicted molar refractivity (Wildman–Crippen MR) is 94.1 cm³/mol. The molecule has 146 valence electrons. The lowest BCUT2D eigenvalue weighted by Gasteiger charge is -2.22. The molecular formula is C19H16F3N3O3. The minimum atomic E-state index is -4.48. The number of anilines is 1. The molecule has 1 aliphatic rings. The molecule has 2 aromatic rings. The van der Waals surface area contributed by atoms with E-state index >= 15 is 0 Å². The first-order valence-electron chi connectivity index (χ1n) is 8.28. The summed E-state index contributed by atoms with van der Waals surface area (Å²) >= 11 is 0. The molecule has 4 amide bonds. The van der Waals surface area contributed by atoms with Crippen molar-refractivity contribution in [1.82, 2.24) is 10.2 Å². The van der Waals surface area contributed by atoms with Gasteiger partial charge in [0.1, 0.15) is 12.1 Å². The van der Waals surface area contributed by atoms with Gasteiger partial charge in [0, 0.05) is 5.69 Å². The number of imide groups is 1. The van der Waals surface area contributed by atoms with Crippen LogP contribution in [0.1, 0.15) is 18.1 Å². The first kappa shape index (κ1) is 19.4. The van der Waals surface area contributed by atoms with Crippen LogP contribution in [0.2, 0.25) is 0 Å². The molecule has 1 fully saturated rings. The molecule has 28 heavy (non-hydrogen) atoms. The minimum Gasteiger partial charge on any atom is -0.325 e. The molecule has 0 radical (unpaired) electrons. The van der Waals surface area contributed by atoms with Gasteiger partial charge in [0.25, 0.3) is 5.91 Å². The maximum Gasteiger partial charge on any atom is 0.416 e. The largest absolute Gasteiger partial charge is 0.416 e. The van der Waals surface area contributed by atoms with Crippen molar-refractivity contribution < 1.29 is 27.6 Å². The fourth-order valence-corrected chi connectivity index (χ4v) is 2.89. The van der Waals surface area contributed by atoms with Crippen molar-refractivity contribution in [1.29, 1.82) is 0 Å². The Morgan fingerprint density at radius 2 is 1.68 bits per heavy atom. The van der Waals surface area contributed by atoms with Gasteiger partial charge >= 0.3 is 12.2 Å². The Morgan fingerprint density at radius 3 is 2.25 bits per heavy atom. The van der Waals surface area contributed by atoms with Crippen LogP contribution in [-0.2, 0) is 21.3 Å². The zero-order valence-corrected chi connectivity index (χ0v) is 14.7. The molecule has 0 aliphatic carbocycles. The Labute approximate surface area is 158 Å². The molecule has 0 saturated carbocycles. The van der Waals surface area contributed by atoms with Gasteiger partial charge in [0.05, 0.1) is 5.56 Å². The highest BCUT2D eigenvalue weighted by molar-refractivity contribution is 6.10. The molecule has 0 spiro atoms. The van der Waals surface area contributed by atoms with E-state index < -0.39 is 41.7 Å². The van der Waals surface area contributed by atoms with Gasteiger partial charge in [0.15, 0.2) is 0 Å². The molecule has 1 heterocycles. The van der Waals surface area contributed by atoms with Crippen LogP contribution >= 0.6 is 0 Å². The Kier molecular flexibility index (Phi) is 4.84. The lowest BCUT2D eigenvalue weighted by molar-refractivity contribution is -0.137. The van der Waals surface area contributed by atoms with E-state index in [1.165, 1.54) is 6.92 Å². The molecule has 2 aromatic carbocycles. The van der Waals surface area contributed by atoms with E-state index in [0.717, 1.165) is 29.2 Å². The number of hydrogen-bond acceptors (Lipinski definition) is 3. The van der Waals surface area contributed by atoms with E-state index in [1.807, 2.05) is 0 Å². The normalized spacial score (nSPS) is 19.5. The summed E-state index contributed by atoms with van der Waals surface area (Å²) in [6.07, 6.45) is -4.48. The third kappa shape index (κ3) is 3.68. The van der Waals surface area contributed by atoms with Crippen LogP contribution in [0.15, 0.2) is 54.6 Å². The number of benzene rings is 2. The topological polar surface area (TPSA) is 78.5 Å². The van der Waals surface area contributed by atoms with Crippen LogP contribution in [0.3, 0.4) is 0 Å². The summed E-state index contributed by atoms with van der Waals surface area (Å²) in [7, 11) is 0. The number of nitrogens with zero attached hydrogens (tertiary/aromatic N) is 1. The molecule has 0 unspecified atom stereocenters. The SMILES string of the molecule is C[C@@]1(c2ccccc2)NC(=O)N(CC(=O)Nc2ccc(C(F)(F)F)cc2)C1=O. The number of rotatable bonds is 4. The summed E-state index contributed by atoms with van der Waals surface area (Å²) in [6, 6.07) is 11.7. The highest BCUT2D eigenvalue weighted by Gasteiger charge is 2.49. The van der Waals surface area contributed by atoms with Crippen molar-refractivity contribution in [3.63, 3.8) is 0 Å². The van der Waals surface area contributed by atoms with Crippen LogP contribution in [0.4, 0.5) is 23.7 Å². The summed E-state index contributed by atoms with van der Waals surface area (Å²) in [6.45, 7) is 0.977. The number of carbonyl (C=O) groups excluding carboxylic acids is 3. The van der Waals surface area contributed by atoms with Crippen molar-refractivity contribution in [3.8, 4) is 0 Å². The Bertz CT molecular complexity index is 914. The van der Waals surface area contributed by atoms with Gasteiger partial charge in [-0.3, -0.25) is 14.5 Å². The molecule has 2 N–H and O–H groups in total. The second kappa shape index (κ2) is 6.99. The molecule has 1 atom stereocenters. The summed E-state index contributed by atoms with van der Waals surface area (Å²) in [5.74, 6) is -1.30. The van der Waals surface area contributed by atoms with Crippen LogP contribution in [0.5, 0.6) is 0 Å². The third-order valence-electron chi connectivity index (χ3n) is 4.42. The summed E-state index contributed by atoms with van der Waals surface area (Å²) < 4.78 is 37.7. The van der Waals surface area contributed by atoms with Crippen molar-refractivity contribution in [3.05, 3.63) is 65.7 Å². The minimum absolute atomic E-state index is 0.121. The summed E-state index contributed by atoms with van der Waals surface area (Å²) in [4.78, 5) is 37.9. The van der Waals surface area contributed by atoms with Crippen LogP contribution in [0, 0.1) is 0 Å². The Morgan fingerprint density at radius 1 is 1.07 bits per heavy atom. The first-order chi connectivity index (χ1) is 13.1. The second-order valence-corrected chi connectivity index (χ2v) is 6.44. The molecule has 3 rings (SSSR count).